The van der Waals surface area contributed by atoms with Crippen LogP contribution in [0.1, 0.15) is 31.2 Å². The second-order valence-corrected chi connectivity index (χ2v) is 4.78. The van der Waals surface area contributed by atoms with Gasteiger partial charge < -0.3 is 10.1 Å². The number of ether oxygens (including phenoxy) is 1. The molecule has 1 saturated carbocycles. The molecule has 0 spiro atoms. The number of aromatic nitrogens is 2. The summed E-state index contributed by atoms with van der Waals surface area (Å²) in [6.07, 6.45) is 2.47. The van der Waals surface area contributed by atoms with Gasteiger partial charge >= 0.3 is 0 Å². The van der Waals surface area contributed by atoms with Gasteiger partial charge in [-0.25, -0.2) is 9.97 Å². The number of nitrogens with one attached hydrogen (secondary N) is 1. The van der Waals surface area contributed by atoms with Crippen molar-refractivity contribution in [3.63, 3.8) is 0 Å². The molecule has 2 rings (SSSR count). The van der Waals surface area contributed by atoms with Gasteiger partial charge in [0.05, 0.1) is 6.10 Å². The molecule has 1 aliphatic carbocycles. The van der Waals surface area contributed by atoms with Crippen LogP contribution in [0.5, 0.6) is 0 Å². The first-order valence-electron chi connectivity index (χ1n) is 5.99. The molecule has 1 heterocycles. The molecule has 0 saturated heterocycles. The number of halogens is 1. The maximum atomic E-state index is 6.03. The number of nitrogens with zero attached hydrogens (tertiary/aromatic N) is 2. The number of anilines is 1. The molecule has 1 aromatic rings. The molecule has 4 nitrogen and oxygen atoms in total. The molecule has 0 radical (unpaired) electrons. The van der Waals surface area contributed by atoms with Crippen LogP contribution in [0.2, 0.25) is 5.15 Å². The Morgan fingerprint density at radius 3 is 2.71 bits per heavy atom. The highest BCUT2D eigenvalue weighted by atomic mass is 35.5. The molecule has 94 valence electrons. The van der Waals surface area contributed by atoms with Gasteiger partial charge in [0.15, 0.2) is 0 Å². The Morgan fingerprint density at radius 1 is 1.35 bits per heavy atom. The van der Waals surface area contributed by atoms with Crippen molar-refractivity contribution in [1.82, 2.24) is 9.97 Å². The lowest BCUT2D eigenvalue weighted by Gasteiger charge is -2.36. The highest BCUT2D eigenvalue weighted by molar-refractivity contribution is 6.30. The van der Waals surface area contributed by atoms with Crippen molar-refractivity contribution in [2.45, 2.75) is 45.8 Å². The topological polar surface area (TPSA) is 47.0 Å². The summed E-state index contributed by atoms with van der Waals surface area (Å²) in [5.74, 6) is 1.55. The van der Waals surface area contributed by atoms with Crippen LogP contribution in [0, 0.1) is 13.8 Å². The van der Waals surface area contributed by atoms with Crippen LogP contribution in [-0.2, 0) is 4.74 Å². The van der Waals surface area contributed by atoms with Crippen molar-refractivity contribution in [3.8, 4) is 0 Å². The Morgan fingerprint density at radius 2 is 2.06 bits per heavy atom. The zero-order valence-corrected chi connectivity index (χ0v) is 11.2. The van der Waals surface area contributed by atoms with E-state index in [2.05, 4.69) is 15.3 Å². The van der Waals surface area contributed by atoms with Gasteiger partial charge in [0.2, 0.25) is 0 Å². The van der Waals surface area contributed by atoms with Gasteiger partial charge in [0.25, 0.3) is 0 Å². The second kappa shape index (κ2) is 5.19. The summed E-state index contributed by atoms with van der Waals surface area (Å²) in [7, 11) is 0. The van der Waals surface area contributed by atoms with E-state index >= 15 is 0 Å². The number of hydrogen-bond donors (Lipinski definition) is 1. The van der Waals surface area contributed by atoms with Crippen LogP contribution >= 0.6 is 11.6 Å². The summed E-state index contributed by atoms with van der Waals surface area (Å²) in [6.45, 7) is 6.59. The standard InChI is InChI=1S/C12H18ClN3O/c1-4-17-10-5-9(6-10)16-12-7(2)11(13)14-8(3)15-12/h9-10H,4-6H2,1-3H3,(H,14,15,16). The first-order valence-corrected chi connectivity index (χ1v) is 6.36. The fourth-order valence-corrected chi connectivity index (χ4v) is 2.20. The summed E-state index contributed by atoms with van der Waals surface area (Å²) in [5, 5.41) is 3.93. The van der Waals surface area contributed by atoms with E-state index in [1.807, 2.05) is 20.8 Å². The molecule has 0 unspecified atom stereocenters. The summed E-state index contributed by atoms with van der Waals surface area (Å²) in [6, 6.07) is 0.440. The molecule has 1 aliphatic rings. The Bertz CT molecular complexity index is 405. The van der Waals surface area contributed by atoms with E-state index in [1.165, 1.54) is 0 Å². The van der Waals surface area contributed by atoms with Crippen LogP contribution in [0.4, 0.5) is 5.82 Å². The molecule has 0 amide bonds. The molecular weight excluding hydrogens is 238 g/mol. The minimum absolute atomic E-state index is 0.399. The summed E-state index contributed by atoms with van der Waals surface area (Å²) in [5.41, 5.74) is 0.914. The third kappa shape index (κ3) is 2.87. The van der Waals surface area contributed by atoms with E-state index in [0.29, 0.717) is 23.1 Å². The van der Waals surface area contributed by atoms with Crippen molar-refractivity contribution in [1.29, 1.82) is 0 Å². The van der Waals surface area contributed by atoms with Crippen LogP contribution in [0.3, 0.4) is 0 Å². The van der Waals surface area contributed by atoms with Crippen LogP contribution < -0.4 is 5.32 Å². The Kier molecular flexibility index (Phi) is 3.84. The van der Waals surface area contributed by atoms with Crippen LogP contribution in [0.25, 0.3) is 0 Å². The fourth-order valence-electron chi connectivity index (χ4n) is 1.98. The van der Waals surface area contributed by atoms with E-state index in [-0.39, 0.29) is 0 Å². The molecular formula is C12H18ClN3O. The average molecular weight is 256 g/mol. The lowest BCUT2D eigenvalue weighted by atomic mass is 9.89. The largest absolute Gasteiger partial charge is 0.378 e. The first kappa shape index (κ1) is 12.6. The Labute approximate surface area is 107 Å². The molecule has 17 heavy (non-hydrogen) atoms. The van der Waals surface area contributed by atoms with Gasteiger partial charge in [-0.2, -0.15) is 0 Å². The predicted molar refractivity (Wildman–Crippen MR) is 68.6 cm³/mol. The minimum Gasteiger partial charge on any atom is -0.378 e. The minimum atomic E-state index is 0.399. The Balaban J connectivity index is 1.96. The third-order valence-electron chi connectivity index (χ3n) is 3.04. The van der Waals surface area contributed by atoms with Gasteiger partial charge in [-0.15, -0.1) is 0 Å². The maximum absolute atomic E-state index is 6.03. The molecule has 1 fully saturated rings. The van der Waals surface area contributed by atoms with Gasteiger partial charge in [-0.05, 0) is 33.6 Å². The molecule has 1 N–H and O–H groups in total. The first-order chi connectivity index (χ1) is 8.10. The van der Waals surface area contributed by atoms with Crippen LogP contribution in [0.15, 0.2) is 0 Å². The van der Waals surface area contributed by atoms with Crippen molar-refractivity contribution >= 4 is 17.4 Å². The monoisotopic (exact) mass is 255 g/mol. The SMILES string of the molecule is CCOC1CC(Nc2nc(C)nc(Cl)c2C)C1. The molecule has 1 aromatic heterocycles. The molecule has 0 aliphatic heterocycles. The average Bonchev–Trinajstić information content (AvgIpc) is 2.22. The smallest absolute Gasteiger partial charge is 0.137 e. The third-order valence-corrected chi connectivity index (χ3v) is 3.40. The number of rotatable bonds is 4. The van der Waals surface area contributed by atoms with Gasteiger partial charge in [0.1, 0.15) is 16.8 Å². The second-order valence-electron chi connectivity index (χ2n) is 4.43. The highest BCUT2D eigenvalue weighted by Crippen LogP contribution is 2.28. The van der Waals surface area contributed by atoms with Crippen molar-refractivity contribution in [2.24, 2.45) is 0 Å². The van der Waals surface area contributed by atoms with Gasteiger partial charge in [-0.3, -0.25) is 0 Å². The summed E-state index contributed by atoms with van der Waals surface area (Å²) >= 11 is 6.03. The van der Waals surface area contributed by atoms with E-state index < -0.39 is 0 Å². The van der Waals surface area contributed by atoms with Crippen LogP contribution in [-0.4, -0.2) is 28.7 Å². The number of aryl methyl sites for hydroxylation is 1. The van der Waals surface area contributed by atoms with Crippen molar-refractivity contribution in [2.75, 3.05) is 11.9 Å². The van der Waals surface area contributed by atoms with Crippen molar-refractivity contribution in [3.05, 3.63) is 16.5 Å². The lowest BCUT2D eigenvalue weighted by Crippen LogP contribution is -2.41. The maximum Gasteiger partial charge on any atom is 0.137 e. The van der Waals surface area contributed by atoms with Gasteiger partial charge in [-0.1, -0.05) is 11.6 Å². The molecule has 0 aromatic carbocycles. The molecule has 5 heteroatoms. The normalized spacial score (nSPS) is 23.3. The fraction of sp³-hybridized carbons (Fsp3) is 0.667. The highest BCUT2D eigenvalue weighted by Gasteiger charge is 2.30. The predicted octanol–water partition coefficient (Wildman–Crippen LogP) is 2.73. The summed E-state index contributed by atoms with van der Waals surface area (Å²) in [4.78, 5) is 8.50. The molecule has 0 atom stereocenters. The van der Waals surface area contributed by atoms with E-state index in [4.69, 9.17) is 16.3 Å². The molecule has 0 bridgehead atoms. The van der Waals surface area contributed by atoms with Gasteiger partial charge in [0, 0.05) is 18.2 Å². The zero-order valence-electron chi connectivity index (χ0n) is 10.5. The summed E-state index contributed by atoms with van der Waals surface area (Å²) < 4.78 is 5.52. The van der Waals surface area contributed by atoms with Crippen molar-refractivity contribution < 1.29 is 4.74 Å². The van der Waals surface area contributed by atoms with E-state index in [9.17, 15) is 0 Å². The zero-order chi connectivity index (χ0) is 12.4. The van der Waals surface area contributed by atoms with E-state index in [1.54, 1.807) is 0 Å². The Hall–Kier alpha value is -0.870. The lowest BCUT2D eigenvalue weighted by molar-refractivity contribution is 0.00291. The number of hydrogen-bond acceptors (Lipinski definition) is 4. The van der Waals surface area contributed by atoms with E-state index in [0.717, 1.165) is 30.8 Å². The quantitative estimate of drug-likeness (QED) is 0.841.